The number of nitrogens with one attached hydrogen (secondary N) is 2. The van der Waals surface area contributed by atoms with Crippen LogP contribution in [0, 0.1) is 0 Å². The molecule has 2 aliphatic heterocycles. The largest absolute Gasteiger partial charge is 0.486 e. The quantitative estimate of drug-likeness (QED) is 0.403. The number of alkyl halides is 2. The summed E-state index contributed by atoms with van der Waals surface area (Å²) in [4.78, 5) is 27.5. The first-order chi connectivity index (χ1) is 18.9. The lowest BCUT2D eigenvalue weighted by Gasteiger charge is -2.41. The summed E-state index contributed by atoms with van der Waals surface area (Å²) in [5, 5.41) is 15.7. The highest BCUT2D eigenvalue weighted by Crippen LogP contribution is 2.45. The highest BCUT2D eigenvalue weighted by Gasteiger charge is 2.40. The normalized spacial score (nSPS) is 23.7. The van der Waals surface area contributed by atoms with Crippen LogP contribution in [0.4, 0.5) is 8.78 Å². The molecule has 2 amide bonds. The van der Waals surface area contributed by atoms with Crippen LogP contribution in [0.3, 0.4) is 0 Å². The van der Waals surface area contributed by atoms with Gasteiger partial charge in [0.1, 0.15) is 24.2 Å². The van der Waals surface area contributed by atoms with E-state index in [4.69, 9.17) is 9.47 Å². The van der Waals surface area contributed by atoms with E-state index in [-0.39, 0.29) is 36.4 Å². The zero-order valence-corrected chi connectivity index (χ0v) is 23.5. The van der Waals surface area contributed by atoms with Crippen molar-refractivity contribution in [2.75, 3.05) is 33.4 Å². The van der Waals surface area contributed by atoms with Gasteiger partial charge in [-0.05, 0) is 51.3 Å². The lowest BCUT2D eigenvalue weighted by molar-refractivity contribution is -0.250. The fraction of sp³-hybridized carbons (Fsp3) is 0.533. The summed E-state index contributed by atoms with van der Waals surface area (Å²) in [6.07, 6.45) is -1.15. The second-order valence-corrected chi connectivity index (χ2v) is 11.5. The van der Waals surface area contributed by atoms with Gasteiger partial charge in [0.2, 0.25) is 6.41 Å². The molecule has 2 heterocycles. The second kappa shape index (κ2) is 12.2. The van der Waals surface area contributed by atoms with E-state index >= 15 is 4.39 Å². The molecule has 1 unspecified atom stereocenters. The number of carbonyl (C=O) groups excluding carboxylic acids is 2. The Hall–Kier alpha value is -3.08. The average Bonchev–Trinajstić information content (AvgIpc) is 3.30. The standard InChI is InChI=1S/C30H39F2N3O5/c1-29(2,3)40-28(38)35-14-8-11-30(32,18-35)12-13-34-26(36)20-15-21-24(19-9-6-5-7-10-19)23(17-31)39-25(21)22(16-20)27(37)33-4/h5-7,9-10,15-16,23-24,28,38H,8,11-14,17-18H2,1-4H3,(H,33,37)(H,34,36)/t23-,24+,28?,30-/m1/s1. The molecule has 0 radical (unpaired) electrons. The molecule has 0 aromatic heterocycles. The Labute approximate surface area is 234 Å². The molecule has 0 aliphatic carbocycles. The first-order valence-corrected chi connectivity index (χ1v) is 13.7. The van der Waals surface area contributed by atoms with Crippen LogP contribution in [0.5, 0.6) is 5.75 Å². The van der Waals surface area contributed by atoms with Gasteiger partial charge in [0.05, 0.1) is 17.1 Å². The summed E-state index contributed by atoms with van der Waals surface area (Å²) in [7, 11) is 1.47. The summed E-state index contributed by atoms with van der Waals surface area (Å²) >= 11 is 0. The third kappa shape index (κ3) is 6.79. The van der Waals surface area contributed by atoms with Gasteiger partial charge in [-0.1, -0.05) is 30.3 Å². The molecular formula is C30H39F2N3O5. The van der Waals surface area contributed by atoms with E-state index in [9.17, 15) is 19.1 Å². The number of carbonyl (C=O) groups is 2. The number of nitrogens with zero attached hydrogens (tertiary/aromatic N) is 1. The van der Waals surface area contributed by atoms with Gasteiger partial charge in [0.25, 0.3) is 11.8 Å². The molecule has 4 rings (SSSR count). The number of ether oxygens (including phenoxy) is 2. The van der Waals surface area contributed by atoms with Crippen molar-refractivity contribution in [3.8, 4) is 5.75 Å². The maximum Gasteiger partial charge on any atom is 0.254 e. The van der Waals surface area contributed by atoms with Crippen molar-refractivity contribution in [3.63, 3.8) is 0 Å². The number of aliphatic hydroxyl groups excluding tert-OH is 1. The van der Waals surface area contributed by atoms with Crippen LogP contribution in [0.2, 0.25) is 0 Å². The molecule has 4 atom stereocenters. The van der Waals surface area contributed by atoms with Gasteiger partial charge in [-0.2, -0.15) is 0 Å². The molecule has 1 saturated heterocycles. The van der Waals surface area contributed by atoms with Crippen molar-refractivity contribution in [2.45, 2.75) is 69.7 Å². The topological polar surface area (TPSA) is 100 Å². The first-order valence-electron chi connectivity index (χ1n) is 13.7. The maximum atomic E-state index is 15.7. The third-order valence-corrected chi connectivity index (χ3v) is 7.32. The molecule has 3 N–H and O–H groups in total. The van der Waals surface area contributed by atoms with Gasteiger partial charge in [-0.3, -0.25) is 14.5 Å². The minimum Gasteiger partial charge on any atom is -0.486 e. The number of halogens is 2. The minimum atomic E-state index is -1.61. The predicted molar refractivity (Wildman–Crippen MR) is 147 cm³/mol. The van der Waals surface area contributed by atoms with E-state index in [2.05, 4.69) is 10.6 Å². The Morgan fingerprint density at radius 3 is 2.60 bits per heavy atom. The molecule has 10 heteroatoms. The fourth-order valence-corrected chi connectivity index (χ4v) is 5.45. The molecule has 0 spiro atoms. The number of amides is 2. The van der Waals surface area contributed by atoms with Crippen molar-refractivity contribution < 1.29 is 33.0 Å². The molecule has 40 heavy (non-hydrogen) atoms. The highest BCUT2D eigenvalue weighted by molar-refractivity contribution is 6.02. The number of hydrogen-bond donors (Lipinski definition) is 3. The van der Waals surface area contributed by atoms with Gasteiger partial charge in [0.15, 0.2) is 0 Å². The van der Waals surface area contributed by atoms with Crippen molar-refractivity contribution in [3.05, 3.63) is 64.7 Å². The van der Waals surface area contributed by atoms with E-state index < -0.39 is 48.2 Å². The smallest absolute Gasteiger partial charge is 0.254 e. The van der Waals surface area contributed by atoms with Gasteiger partial charge in [-0.25, -0.2) is 8.78 Å². The lowest BCUT2D eigenvalue weighted by atomic mass is 9.86. The van der Waals surface area contributed by atoms with Crippen molar-refractivity contribution in [2.24, 2.45) is 0 Å². The number of rotatable bonds is 9. The van der Waals surface area contributed by atoms with E-state index in [1.54, 1.807) is 11.0 Å². The van der Waals surface area contributed by atoms with Gasteiger partial charge < -0.3 is 25.2 Å². The van der Waals surface area contributed by atoms with E-state index in [0.29, 0.717) is 24.9 Å². The van der Waals surface area contributed by atoms with Crippen LogP contribution >= 0.6 is 0 Å². The number of hydrogen-bond acceptors (Lipinski definition) is 6. The van der Waals surface area contributed by atoms with E-state index in [1.165, 1.54) is 13.1 Å². The summed E-state index contributed by atoms with van der Waals surface area (Å²) in [5.41, 5.74) is -0.490. The molecule has 2 aromatic rings. The Bertz CT molecular complexity index is 1210. The van der Waals surface area contributed by atoms with Crippen molar-refractivity contribution >= 4 is 11.8 Å². The Morgan fingerprint density at radius 2 is 1.95 bits per heavy atom. The summed E-state index contributed by atoms with van der Waals surface area (Å²) in [6, 6.07) is 12.3. The van der Waals surface area contributed by atoms with E-state index in [1.807, 2.05) is 51.1 Å². The number of aliphatic hydroxyl groups is 1. The molecule has 2 aliphatic rings. The summed E-state index contributed by atoms with van der Waals surface area (Å²) < 4.78 is 41.2. The molecule has 2 aromatic carbocycles. The maximum absolute atomic E-state index is 15.7. The Kier molecular flexibility index (Phi) is 9.12. The first kappa shape index (κ1) is 29.9. The van der Waals surface area contributed by atoms with Crippen molar-refractivity contribution in [1.29, 1.82) is 0 Å². The molecule has 218 valence electrons. The van der Waals surface area contributed by atoms with Crippen LogP contribution in [-0.2, 0) is 4.74 Å². The number of likely N-dealkylation sites (tertiary alicyclic amines) is 1. The zero-order chi connectivity index (χ0) is 29.1. The monoisotopic (exact) mass is 559 g/mol. The van der Waals surface area contributed by atoms with Crippen LogP contribution in [0.1, 0.15) is 77.8 Å². The van der Waals surface area contributed by atoms with Gasteiger partial charge in [-0.15, -0.1) is 0 Å². The van der Waals surface area contributed by atoms with Crippen LogP contribution in [0.25, 0.3) is 0 Å². The predicted octanol–water partition coefficient (Wildman–Crippen LogP) is 3.92. The van der Waals surface area contributed by atoms with Gasteiger partial charge in [0, 0.05) is 44.2 Å². The average molecular weight is 560 g/mol. The molecule has 0 saturated carbocycles. The Morgan fingerprint density at radius 1 is 1.23 bits per heavy atom. The van der Waals surface area contributed by atoms with Crippen LogP contribution < -0.4 is 15.4 Å². The molecule has 1 fully saturated rings. The lowest BCUT2D eigenvalue weighted by Crippen LogP contribution is -2.52. The third-order valence-electron chi connectivity index (χ3n) is 7.32. The second-order valence-electron chi connectivity index (χ2n) is 11.5. The zero-order valence-electron chi connectivity index (χ0n) is 23.5. The van der Waals surface area contributed by atoms with Crippen molar-refractivity contribution in [1.82, 2.24) is 15.5 Å². The van der Waals surface area contributed by atoms with Crippen LogP contribution in [-0.4, -0.2) is 79.0 Å². The molecule has 0 bridgehead atoms. The van der Waals surface area contributed by atoms with Crippen LogP contribution in [0.15, 0.2) is 42.5 Å². The highest BCUT2D eigenvalue weighted by atomic mass is 19.1. The summed E-state index contributed by atoms with van der Waals surface area (Å²) in [5.74, 6) is -1.18. The number of benzene rings is 2. The molecule has 8 nitrogen and oxygen atoms in total. The number of fused-ring (bicyclic) bond motifs is 1. The molecular weight excluding hydrogens is 520 g/mol. The van der Waals surface area contributed by atoms with E-state index in [0.717, 1.165) is 5.56 Å². The number of piperidine rings is 1. The SMILES string of the molecule is CNC(=O)c1cc(C(=O)NCC[C@]2(F)CCCN(C(O)OC(C)(C)C)C2)cc2c1O[C@H](CF)[C@H]2c1ccccc1. The Balaban J connectivity index is 1.50. The fourth-order valence-electron chi connectivity index (χ4n) is 5.45. The van der Waals surface area contributed by atoms with Gasteiger partial charge >= 0.3 is 0 Å². The summed E-state index contributed by atoms with van der Waals surface area (Å²) in [6.45, 7) is 5.24. The minimum absolute atomic E-state index is 0.0134.